The summed E-state index contributed by atoms with van der Waals surface area (Å²) in [7, 11) is 0. The molecule has 1 N–H and O–H groups in total. The fraction of sp³-hybridized carbons (Fsp3) is 0.500. The second kappa shape index (κ2) is 5.68. The summed E-state index contributed by atoms with van der Waals surface area (Å²) in [6, 6.07) is 3.78. The van der Waals surface area contributed by atoms with E-state index in [1.165, 1.54) is 6.07 Å². The Hall–Kier alpha value is -0.950. The molecule has 21 heavy (non-hydrogen) atoms. The Balaban J connectivity index is 1.95. The molecule has 1 aromatic heterocycles. The fourth-order valence-electron chi connectivity index (χ4n) is 2.71. The number of nitrogens with zero attached hydrogens (tertiary/aromatic N) is 1. The third kappa shape index (κ3) is 3.13. The number of rotatable bonds is 2. The van der Waals surface area contributed by atoms with E-state index in [-0.39, 0.29) is 0 Å². The van der Waals surface area contributed by atoms with E-state index in [0.717, 1.165) is 48.5 Å². The molecule has 1 aliphatic rings. The minimum absolute atomic E-state index is 0.458. The highest BCUT2D eigenvalue weighted by Gasteiger charge is 2.30. The zero-order valence-corrected chi connectivity index (χ0v) is 12.9. The van der Waals surface area contributed by atoms with Gasteiger partial charge in [0, 0.05) is 6.54 Å². The number of nitrogens with one attached hydrogen (secondary N) is 1. The second-order valence-corrected chi connectivity index (χ2v) is 6.94. The molecule has 0 unspecified atom stereocenters. The predicted molar refractivity (Wildman–Crippen MR) is 82.2 cm³/mol. The van der Waals surface area contributed by atoms with Crippen molar-refractivity contribution in [1.29, 1.82) is 0 Å². The van der Waals surface area contributed by atoms with Gasteiger partial charge in [-0.15, -0.1) is 0 Å². The second-order valence-electron chi connectivity index (χ2n) is 5.33. The molecule has 1 saturated heterocycles. The van der Waals surface area contributed by atoms with Crippen LogP contribution in [0.4, 0.5) is 13.2 Å². The zero-order chi connectivity index (χ0) is 15.0. The first kappa shape index (κ1) is 15.0. The molecule has 0 atom stereocenters. The maximum absolute atomic E-state index is 12.7. The van der Waals surface area contributed by atoms with E-state index in [0.29, 0.717) is 16.2 Å². The van der Waals surface area contributed by atoms with Crippen molar-refractivity contribution in [3.05, 3.63) is 28.5 Å². The molecule has 0 spiro atoms. The molecule has 1 fully saturated rings. The van der Waals surface area contributed by atoms with Crippen LogP contribution in [-0.4, -0.2) is 21.1 Å². The van der Waals surface area contributed by atoms with Crippen LogP contribution in [0, 0.1) is 10.7 Å². The Labute approximate surface area is 129 Å². The molecule has 2 aromatic rings. The van der Waals surface area contributed by atoms with E-state index in [1.54, 1.807) is 0 Å². The summed E-state index contributed by atoms with van der Waals surface area (Å²) in [5, 5.41) is 0. The van der Waals surface area contributed by atoms with Gasteiger partial charge in [-0.2, -0.15) is 24.9 Å². The summed E-state index contributed by atoms with van der Waals surface area (Å²) < 4.78 is 40.7. The van der Waals surface area contributed by atoms with Gasteiger partial charge in [0.05, 0.1) is 16.6 Å². The van der Waals surface area contributed by atoms with Crippen LogP contribution in [0.5, 0.6) is 0 Å². The Morgan fingerprint density at radius 2 is 2.00 bits per heavy atom. The number of thioether (sulfide) groups is 1. The minimum Gasteiger partial charge on any atom is -0.331 e. The third-order valence-corrected chi connectivity index (χ3v) is 5.25. The van der Waals surface area contributed by atoms with Gasteiger partial charge in [0.2, 0.25) is 0 Å². The topological polar surface area (TPSA) is 20.7 Å². The van der Waals surface area contributed by atoms with Crippen LogP contribution < -0.4 is 0 Å². The van der Waals surface area contributed by atoms with Crippen LogP contribution in [0.25, 0.3) is 11.0 Å². The van der Waals surface area contributed by atoms with Gasteiger partial charge in [-0.05, 0) is 60.7 Å². The summed E-state index contributed by atoms with van der Waals surface area (Å²) in [5.41, 5.74) is 0.568. The van der Waals surface area contributed by atoms with Crippen LogP contribution in [-0.2, 0) is 12.7 Å². The molecule has 0 bridgehead atoms. The molecule has 2 nitrogen and oxygen atoms in total. The van der Waals surface area contributed by atoms with Crippen molar-refractivity contribution in [3.63, 3.8) is 0 Å². The number of halogens is 3. The molecule has 0 saturated carbocycles. The summed E-state index contributed by atoms with van der Waals surface area (Å²) >= 11 is 7.23. The quantitative estimate of drug-likeness (QED) is 0.793. The van der Waals surface area contributed by atoms with Gasteiger partial charge in [0.1, 0.15) is 0 Å². The van der Waals surface area contributed by atoms with Crippen molar-refractivity contribution in [1.82, 2.24) is 9.55 Å². The predicted octanol–water partition coefficient (Wildman–Crippen LogP) is 4.86. The molecule has 114 valence electrons. The zero-order valence-electron chi connectivity index (χ0n) is 11.2. The van der Waals surface area contributed by atoms with Gasteiger partial charge in [-0.1, -0.05) is 0 Å². The highest BCUT2D eigenvalue weighted by molar-refractivity contribution is 7.99. The van der Waals surface area contributed by atoms with E-state index in [4.69, 9.17) is 12.2 Å². The average molecular weight is 332 g/mol. The number of benzene rings is 1. The third-order valence-electron chi connectivity index (χ3n) is 3.88. The van der Waals surface area contributed by atoms with Gasteiger partial charge < -0.3 is 9.55 Å². The van der Waals surface area contributed by atoms with E-state index >= 15 is 0 Å². The lowest BCUT2D eigenvalue weighted by molar-refractivity contribution is -0.137. The largest absolute Gasteiger partial charge is 0.416 e. The number of aromatic nitrogens is 2. The SMILES string of the molecule is FC(F)(F)c1ccc2c(c1)[nH]c(=S)n2CC1CCSCC1. The van der Waals surface area contributed by atoms with E-state index < -0.39 is 11.7 Å². The Morgan fingerprint density at radius 3 is 2.67 bits per heavy atom. The van der Waals surface area contributed by atoms with Crippen molar-refractivity contribution in [2.45, 2.75) is 25.6 Å². The number of aromatic amines is 1. The number of fused-ring (bicyclic) bond motifs is 1. The van der Waals surface area contributed by atoms with Gasteiger partial charge >= 0.3 is 6.18 Å². The number of alkyl halides is 3. The van der Waals surface area contributed by atoms with Gasteiger partial charge in [0.25, 0.3) is 0 Å². The number of hydrogen-bond donors (Lipinski definition) is 1. The van der Waals surface area contributed by atoms with Crippen LogP contribution in [0.2, 0.25) is 0 Å². The fourth-order valence-corrected chi connectivity index (χ4v) is 4.20. The lowest BCUT2D eigenvalue weighted by Gasteiger charge is -2.22. The van der Waals surface area contributed by atoms with Crippen molar-refractivity contribution < 1.29 is 13.2 Å². The van der Waals surface area contributed by atoms with E-state index in [9.17, 15) is 13.2 Å². The molecular weight excluding hydrogens is 317 g/mol. The van der Waals surface area contributed by atoms with Gasteiger partial charge in [-0.25, -0.2) is 0 Å². The standard InChI is InChI=1S/C14H15F3N2S2/c15-14(16,17)10-1-2-12-11(7-10)18-13(20)19(12)8-9-3-5-21-6-4-9/h1-2,7,9H,3-6,8H2,(H,18,20). The molecule has 0 aliphatic carbocycles. The molecule has 0 radical (unpaired) electrons. The molecule has 3 rings (SSSR count). The molecular formula is C14H15F3N2S2. The Bertz CT molecular complexity index is 696. The number of imidazole rings is 1. The minimum atomic E-state index is -4.33. The van der Waals surface area contributed by atoms with Gasteiger partial charge in [-0.3, -0.25) is 0 Å². The summed E-state index contributed by atoms with van der Waals surface area (Å²) in [6.45, 7) is 0.782. The summed E-state index contributed by atoms with van der Waals surface area (Å²) in [4.78, 5) is 2.90. The van der Waals surface area contributed by atoms with E-state index in [2.05, 4.69) is 4.98 Å². The van der Waals surface area contributed by atoms with Crippen molar-refractivity contribution in [3.8, 4) is 0 Å². The molecule has 2 heterocycles. The number of H-pyrrole nitrogens is 1. The van der Waals surface area contributed by atoms with Crippen molar-refractivity contribution in [2.75, 3.05) is 11.5 Å². The first-order valence-electron chi connectivity index (χ1n) is 6.82. The maximum atomic E-state index is 12.7. The van der Waals surface area contributed by atoms with Crippen LogP contribution in [0.1, 0.15) is 18.4 Å². The van der Waals surface area contributed by atoms with Crippen LogP contribution in [0.3, 0.4) is 0 Å². The lowest BCUT2D eigenvalue weighted by Crippen LogP contribution is -2.16. The summed E-state index contributed by atoms with van der Waals surface area (Å²) in [6.07, 6.45) is -2.05. The summed E-state index contributed by atoms with van der Waals surface area (Å²) in [5.74, 6) is 2.86. The Morgan fingerprint density at radius 1 is 1.29 bits per heavy atom. The van der Waals surface area contributed by atoms with E-state index in [1.807, 2.05) is 16.3 Å². The Kier molecular flexibility index (Phi) is 4.05. The maximum Gasteiger partial charge on any atom is 0.416 e. The normalized spacial score (nSPS) is 17.5. The first-order valence-corrected chi connectivity index (χ1v) is 8.39. The lowest BCUT2D eigenvalue weighted by atomic mass is 10.0. The average Bonchev–Trinajstić information content (AvgIpc) is 2.75. The molecule has 1 aliphatic heterocycles. The highest BCUT2D eigenvalue weighted by atomic mass is 32.2. The van der Waals surface area contributed by atoms with Crippen molar-refractivity contribution >= 4 is 35.0 Å². The monoisotopic (exact) mass is 332 g/mol. The molecule has 7 heteroatoms. The highest BCUT2D eigenvalue weighted by Crippen LogP contribution is 2.32. The molecule has 0 amide bonds. The van der Waals surface area contributed by atoms with Gasteiger partial charge in [0.15, 0.2) is 4.77 Å². The smallest absolute Gasteiger partial charge is 0.331 e. The van der Waals surface area contributed by atoms with Crippen LogP contribution in [0.15, 0.2) is 18.2 Å². The van der Waals surface area contributed by atoms with Crippen LogP contribution >= 0.6 is 24.0 Å². The first-order chi connectivity index (χ1) is 9.95. The molecule has 1 aromatic carbocycles. The van der Waals surface area contributed by atoms with Crippen molar-refractivity contribution in [2.24, 2.45) is 5.92 Å². The number of hydrogen-bond acceptors (Lipinski definition) is 2.